The average Bonchev–Trinajstić information content (AvgIpc) is 1.90. The van der Waals surface area contributed by atoms with Gasteiger partial charge in [-0.05, 0) is 11.6 Å². The van der Waals surface area contributed by atoms with E-state index < -0.39 is 0 Å². The van der Waals surface area contributed by atoms with E-state index in [0.717, 1.165) is 5.56 Å². The molecule has 0 N–H and O–H groups in total. The third-order valence-electron chi connectivity index (χ3n) is 0.874. The number of hydrogen-bond donors (Lipinski definition) is 0. The van der Waals surface area contributed by atoms with Gasteiger partial charge in [-0.3, -0.25) is 4.98 Å². The summed E-state index contributed by atoms with van der Waals surface area (Å²) >= 11 is 0. The van der Waals surface area contributed by atoms with Gasteiger partial charge in [0.2, 0.25) is 0 Å². The largest absolute Gasteiger partial charge is 0.254 e. The monoisotopic (exact) mass is 104 g/mol. The quantitative estimate of drug-likeness (QED) is 0.526. The van der Waals surface area contributed by atoms with Crippen molar-refractivity contribution in [2.75, 3.05) is 0 Å². The molecule has 0 spiro atoms. The lowest BCUT2D eigenvalue weighted by Crippen LogP contribution is -1.71. The minimum atomic E-state index is 1.03. The summed E-state index contributed by atoms with van der Waals surface area (Å²) in [5.41, 5.74) is 1.03. The highest BCUT2D eigenvalue weighted by Crippen LogP contribution is 1.93. The topological polar surface area (TPSA) is 12.9 Å². The van der Waals surface area contributed by atoms with E-state index >= 15 is 0 Å². The Balaban J connectivity index is 2.99. The molecule has 0 saturated carbocycles. The molecule has 0 aromatic carbocycles. The van der Waals surface area contributed by atoms with Crippen LogP contribution in [0, 0.1) is 6.20 Å². The Labute approximate surface area is 48.7 Å². The summed E-state index contributed by atoms with van der Waals surface area (Å²) in [6.45, 7) is 3.58. The number of nitrogens with zero attached hydrogens (tertiary/aromatic N) is 1. The molecular formula is C7H6N. The Bertz CT molecular complexity index is 167. The van der Waals surface area contributed by atoms with Crippen LogP contribution in [-0.4, -0.2) is 4.98 Å². The van der Waals surface area contributed by atoms with E-state index in [1.165, 1.54) is 0 Å². The van der Waals surface area contributed by atoms with Crippen molar-refractivity contribution in [2.45, 2.75) is 0 Å². The summed E-state index contributed by atoms with van der Waals surface area (Å²) in [4.78, 5) is 3.76. The van der Waals surface area contributed by atoms with Gasteiger partial charge in [0.15, 0.2) is 0 Å². The highest BCUT2D eigenvalue weighted by atomic mass is 14.6. The number of aromatic nitrogens is 1. The standard InChI is InChI=1S/C7H6N/c1-2-7-4-3-5-8-6-7/h2-4,6H,1H2. The lowest BCUT2D eigenvalue weighted by atomic mass is 10.3. The Morgan fingerprint density at radius 3 is 3.00 bits per heavy atom. The van der Waals surface area contributed by atoms with Crippen LogP contribution in [0.3, 0.4) is 0 Å². The summed E-state index contributed by atoms with van der Waals surface area (Å²) in [6.07, 6.45) is 6.14. The molecule has 1 aromatic heterocycles. The van der Waals surface area contributed by atoms with Gasteiger partial charge in [0.05, 0.1) is 6.20 Å². The SMILES string of the molecule is C=Cc1cc[c]nc1. The van der Waals surface area contributed by atoms with Gasteiger partial charge in [-0.15, -0.1) is 0 Å². The number of hydrogen-bond acceptors (Lipinski definition) is 1. The molecule has 1 nitrogen and oxygen atoms in total. The third-order valence-corrected chi connectivity index (χ3v) is 0.874. The van der Waals surface area contributed by atoms with E-state index in [4.69, 9.17) is 0 Å². The number of pyridine rings is 1. The van der Waals surface area contributed by atoms with Crippen LogP contribution in [0.15, 0.2) is 24.9 Å². The minimum absolute atomic E-state index is 1.03. The number of rotatable bonds is 1. The molecular weight excluding hydrogens is 98.1 g/mol. The molecule has 39 valence electrons. The third kappa shape index (κ3) is 0.936. The zero-order chi connectivity index (χ0) is 5.82. The zero-order valence-corrected chi connectivity index (χ0v) is 4.46. The molecule has 0 aliphatic rings. The van der Waals surface area contributed by atoms with E-state index in [-0.39, 0.29) is 0 Å². The van der Waals surface area contributed by atoms with E-state index in [0.29, 0.717) is 0 Å². The average molecular weight is 104 g/mol. The van der Waals surface area contributed by atoms with Gasteiger partial charge in [-0.1, -0.05) is 18.7 Å². The summed E-state index contributed by atoms with van der Waals surface area (Å²) in [5.74, 6) is 0. The second kappa shape index (κ2) is 2.26. The smallest absolute Gasteiger partial charge is 0.0886 e. The van der Waals surface area contributed by atoms with Crippen LogP contribution in [0.5, 0.6) is 0 Å². The summed E-state index contributed by atoms with van der Waals surface area (Å²) in [5, 5.41) is 0. The summed E-state index contributed by atoms with van der Waals surface area (Å²) in [6, 6.07) is 3.66. The summed E-state index contributed by atoms with van der Waals surface area (Å²) in [7, 11) is 0. The predicted molar refractivity (Wildman–Crippen MR) is 33.2 cm³/mol. The predicted octanol–water partition coefficient (Wildman–Crippen LogP) is 1.52. The molecule has 1 heteroatoms. The van der Waals surface area contributed by atoms with Crippen LogP contribution >= 0.6 is 0 Å². The van der Waals surface area contributed by atoms with E-state index in [9.17, 15) is 0 Å². The van der Waals surface area contributed by atoms with Crippen LogP contribution in [-0.2, 0) is 0 Å². The molecule has 8 heavy (non-hydrogen) atoms. The van der Waals surface area contributed by atoms with Gasteiger partial charge in [-0.25, -0.2) is 0 Å². The first kappa shape index (κ1) is 5.04. The molecule has 0 atom stereocenters. The Kier molecular flexibility index (Phi) is 1.42. The van der Waals surface area contributed by atoms with Crippen molar-refractivity contribution in [3.63, 3.8) is 0 Å². The normalized spacial score (nSPS) is 8.50. The molecule has 1 rings (SSSR count). The Hall–Kier alpha value is -1.11. The fraction of sp³-hybridized carbons (Fsp3) is 0. The van der Waals surface area contributed by atoms with Crippen LogP contribution in [0.4, 0.5) is 0 Å². The van der Waals surface area contributed by atoms with Crippen molar-refractivity contribution < 1.29 is 0 Å². The molecule has 1 heterocycles. The van der Waals surface area contributed by atoms with Crippen LogP contribution in [0.25, 0.3) is 6.08 Å². The first-order valence-corrected chi connectivity index (χ1v) is 2.38. The lowest BCUT2D eigenvalue weighted by Gasteiger charge is -1.83. The first-order valence-electron chi connectivity index (χ1n) is 2.38. The van der Waals surface area contributed by atoms with E-state index in [2.05, 4.69) is 17.8 Å². The van der Waals surface area contributed by atoms with Crippen LogP contribution in [0.2, 0.25) is 0 Å². The summed E-state index contributed by atoms with van der Waals surface area (Å²) < 4.78 is 0. The Morgan fingerprint density at radius 2 is 2.62 bits per heavy atom. The Morgan fingerprint density at radius 1 is 1.75 bits per heavy atom. The first-order chi connectivity index (χ1) is 3.93. The van der Waals surface area contributed by atoms with E-state index in [1.807, 2.05) is 6.07 Å². The highest BCUT2D eigenvalue weighted by Gasteiger charge is 1.77. The maximum atomic E-state index is 3.76. The van der Waals surface area contributed by atoms with Crippen molar-refractivity contribution in [1.82, 2.24) is 4.98 Å². The van der Waals surface area contributed by atoms with Crippen LogP contribution in [0.1, 0.15) is 5.56 Å². The fourth-order valence-corrected chi connectivity index (χ4v) is 0.452. The van der Waals surface area contributed by atoms with Gasteiger partial charge in [0, 0.05) is 6.20 Å². The molecule has 0 aliphatic carbocycles. The van der Waals surface area contributed by atoms with Crippen molar-refractivity contribution in [3.8, 4) is 0 Å². The minimum Gasteiger partial charge on any atom is -0.254 e. The van der Waals surface area contributed by atoms with E-state index in [1.54, 1.807) is 18.3 Å². The highest BCUT2D eigenvalue weighted by molar-refractivity contribution is 5.43. The van der Waals surface area contributed by atoms with Crippen molar-refractivity contribution in [2.24, 2.45) is 0 Å². The van der Waals surface area contributed by atoms with Crippen LogP contribution < -0.4 is 0 Å². The molecule has 1 radical (unpaired) electrons. The van der Waals surface area contributed by atoms with Crippen molar-refractivity contribution in [1.29, 1.82) is 0 Å². The van der Waals surface area contributed by atoms with Crippen molar-refractivity contribution >= 4 is 6.08 Å². The molecule has 0 aliphatic heterocycles. The molecule has 0 unspecified atom stereocenters. The van der Waals surface area contributed by atoms with Gasteiger partial charge in [-0.2, -0.15) is 0 Å². The molecule has 0 saturated heterocycles. The lowest BCUT2D eigenvalue weighted by molar-refractivity contribution is 1.30. The molecule has 1 aromatic rings. The van der Waals surface area contributed by atoms with Gasteiger partial charge < -0.3 is 0 Å². The molecule has 0 fully saturated rings. The van der Waals surface area contributed by atoms with Crippen molar-refractivity contribution in [3.05, 3.63) is 36.7 Å². The molecule has 0 bridgehead atoms. The van der Waals surface area contributed by atoms with Gasteiger partial charge in [0.1, 0.15) is 0 Å². The maximum Gasteiger partial charge on any atom is 0.0886 e. The fourth-order valence-electron chi connectivity index (χ4n) is 0.452. The van der Waals surface area contributed by atoms with Gasteiger partial charge >= 0.3 is 0 Å². The second-order valence-electron chi connectivity index (χ2n) is 1.42. The molecule has 0 amide bonds. The second-order valence-corrected chi connectivity index (χ2v) is 1.42. The van der Waals surface area contributed by atoms with Gasteiger partial charge in [0.25, 0.3) is 0 Å². The zero-order valence-electron chi connectivity index (χ0n) is 4.46. The maximum absolute atomic E-state index is 3.76.